The maximum absolute atomic E-state index is 12.0. The summed E-state index contributed by atoms with van der Waals surface area (Å²) in [5, 5.41) is 5.54. The molecule has 2 rings (SSSR count). The molecule has 0 radical (unpaired) electrons. The second-order valence-corrected chi connectivity index (χ2v) is 6.02. The molecule has 1 aromatic rings. The van der Waals surface area contributed by atoms with Crippen LogP contribution in [0.25, 0.3) is 0 Å². The van der Waals surface area contributed by atoms with Crippen LogP contribution in [0, 0.1) is 5.92 Å². The second-order valence-electron chi connectivity index (χ2n) is 6.02. The highest BCUT2D eigenvalue weighted by Gasteiger charge is 2.26. The Morgan fingerprint density at radius 3 is 2.86 bits per heavy atom. The summed E-state index contributed by atoms with van der Waals surface area (Å²) in [4.78, 5) is 23.2. The third-order valence-electron chi connectivity index (χ3n) is 3.69. The standard InChI is InChI=1S/C17H24N2O3/c1-12(2)9-10-22-15-6-4-3-5-13(15)11-18-17(21)14-7-8-16(20)19-14/h3-6,12,14H,7-11H2,1-2H3,(H,18,21)(H,19,20)/t14-/m1/s1. The molecule has 1 atom stereocenters. The number of carbonyl (C=O) groups excluding carboxylic acids is 2. The lowest BCUT2D eigenvalue weighted by Crippen LogP contribution is -2.41. The van der Waals surface area contributed by atoms with Gasteiger partial charge >= 0.3 is 0 Å². The second kappa shape index (κ2) is 7.82. The van der Waals surface area contributed by atoms with Crippen molar-refractivity contribution in [1.29, 1.82) is 0 Å². The summed E-state index contributed by atoms with van der Waals surface area (Å²) >= 11 is 0. The number of nitrogens with one attached hydrogen (secondary N) is 2. The highest BCUT2D eigenvalue weighted by atomic mass is 16.5. The molecule has 0 unspecified atom stereocenters. The molecular weight excluding hydrogens is 280 g/mol. The first-order valence-corrected chi connectivity index (χ1v) is 7.84. The third kappa shape index (κ3) is 4.76. The summed E-state index contributed by atoms with van der Waals surface area (Å²) in [6.07, 6.45) is 1.99. The molecule has 0 aromatic heterocycles. The molecule has 0 aliphatic carbocycles. The quantitative estimate of drug-likeness (QED) is 0.809. The third-order valence-corrected chi connectivity index (χ3v) is 3.69. The van der Waals surface area contributed by atoms with Crippen molar-refractivity contribution in [2.75, 3.05) is 6.61 Å². The van der Waals surface area contributed by atoms with Gasteiger partial charge in [0.2, 0.25) is 11.8 Å². The Balaban J connectivity index is 1.86. The Labute approximate surface area is 131 Å². The number of para-hydroxylation sites is 1. The van der Waals surface area contributed by atoms with Gasteiger partial charge in [0.25, 0.3) is 0 Å². The molecule has 0 bridgehead atoms. The first-order valence-electron chi connectivity index (χ1n) is 7.84. The molecule has 1 saturated heterocycles. The SMILES string of the molecule is CC(C)CCOc1ccccc1CNC(=O)[C@H]1CCC(=O)N1. The normalized spacial score (nSPS) is 17.4. The number of ether oxygens (including phenoxy) is 1. The number of hydrogen-bond donors (Lipinski definition) is 2. The fraction of sp³-hybridized carbons (Fsp3) is 0.529. The van der Waals surface area contributed by atoms with Gasteiger partial charge in [0, 0.05) is 18.5 Å². The highest BCUT2D eigenvalue weighted by molar-refractivity contribution is 5.90. The fourth-order valence-corrected chi connectivity index (χ4v) is 2.31. The zero-order valence-electron chi connectivity index (χ0n) is 13.2. The zero-order valence-corrected chi connectivity index (χ0v) is 13.2. The van der Waals surface area contributed by atoms with Crippen LogP contribution in [0.5, 0.6) is 5.75 Å². The molecule has 1 aliphatic heterocycles. The number of hydrogen-bond acceptors (Lipinski definition) is 3. The number of amides is 2. The van der Waals surface area contributed by atoms with Gasteiger partial charge in [0.05, 0.1) is 6.61 Å². The van der Waals surface area contributed by atoms with Crippen LogP contribution in [0.15, 0.2) is 24.3 Å². The summed E-state index contributed by atoms with van der Waals surface area (Å²) in [5.74, 6) is 1.21. The lowest BCUT2D eigenvalue weighted by Gasteiger charge is -2.14. The van der Waals surface area contributed by atoms with Gasteiger partial charge in [-0.05, 0) is 24.8 Å². The van der Waals surface area contributed by atoms with Gasteiger partial charge in [-0.2, -0.15) is 0 Å². The molecule has 22 heavy (non-hydrogen) atoms. The average molecular weight is 304 g/mol. The number of carbonyl (C=O) groups is 2. The first kappa shape index (κ1) is 16.3. The summed E-state index contributed by atoms with van der Waals surface area (Å²) in [6, 6.07) is 7.31. The molecule has 1 aliphatic rings. The van der Waals surface area contributed by atoms with Gasteiger partial charge < -0.3 is 15.4 Å². The number of rotatable bonds is 7. The van der Waals surface area contributed by atoms with Crippen LogP contribution < -0.4 is 15.4 Å². The molecule has 2 N–H and O–H groups in total. The Kier molecular flexibility index (Phi) is 5.81. The van der Waals surface area contributed by atoms with E-state index in [2.05, 4.69) is 24.5 Å². The van der Waals surface area contributed by atoms with Crippen molar-refractivity contribution in [2.24, 2.45) is 5.92 Å². The van der Waals surface area contributed by atoms with Crippen LogP contribution in [0.1, 0.15) is 38.7 Å². The Bertz CT molecular complexity index is 528. The summed E-state index contributed by atoms with van der Waals surface area (Å²) < 4.78 is 5.80. The maximum atomic E-state index is 12.0. The van der Waals surface area contributed by atoms with Gasteiger partial charge in [-0.15, -0.1) is 0 Å². The Hall–Kier alpha value is -2.04. The van der Waals surface area contributed by atoms with Crippen molar-refractivity contribution in [1.82, 2.24) is 10.6 Å². The molecule has 0 saturated carbocycles. The summed E-state index contributed by atoms with van der Waals surface area (Å²) in [5.41, 5.74) is 0.948. The molecule has 2 amide bonds. The van der Waals surface area contributed by atoms with E-state index in [1.807, 2.05) is 24.3 Å². The molecule has 5 nitrogen and oxygen atoms in total. The predicted molar refractivity (Wildman–Crippen MR) is 84.4 cm³/mol. The van der Waals surface area contributed by atoms with Gasteiger partial charge in [-0.1, -0.05) is 32.0 Å². The summed E-state index contributed by atoms with van der Waals surface area (Å²) in [7, 11) is 0. The minimum Gasteiger partial charge on any atom is -0.493 e. The van der Waals surface area contributed by atoms with Crippen molar-refractivity contribution >= 4 is 11.8 Å². The van der Waals surface area contributed by atoms with E-state index in [0.717, 1.165) is 17.7 Å². The highest BCUT2D eigenvalue weighted by Crippen LogP contribution is 2.18. The van der Waals surface area contributed by atoms with Gasteiger partial charge in [0.15, 0.2) is 0 Å². The largest absolute Gasteiger partial charge is 0.493 e. The molecule has 1 heterocycles. The van der Waals surface area contributed by atoms with E-state index in [0.29, 0.717) is 31.9 Å². The Morgan fingerprint density at radius 1 is 1.41 bits per heavy atom. The van der Waals surface area contributed by atoms with E-state index in [-0.39, 0.29) is 11.8 Å². The van der Waals surface area contributed by atoms with Crippen molar-refractivity contribution < 1.29 is 14.3 Å². The molecule has 5 heteroatoms. The molecule has 1 fully saturated rings. The van der Waals surface area contributed by atoms with E-state index in [4.69, 9.17) is 4.74 Å². The number of benzene rings is 1. The monoisotopic (exact) mass is 304 g/mol. The van der Waals surface area contributed by atoms with Crippen LogP contribution in [-0.2, 0) is 16.1 Å². The van der Waals surface area contributed by atoms with E-state index in [9.17, 15) is 9.59 Å². The van der Waals surface area contributed by atoms with Crippen molar-refractivity contribution in [3.05, 3.63) is 29.8 Å². The lowest BCUT2D eigenvalue weighted by molar-refractivity contribution is -0.125. The van der Waals surface area contributed by atoms with Crippen LogP contribution in [0.4, 0.5) is 0 Å². The predicted octanol–water partition coefficient (Wildman–Crippen LogP) is 2.01. The molecule has 120 valence electrons. The van der Waals surface area contributed by atoms with Crippen molar-refractivity contribution in [3.8, 4) is 5.75 Å². The fourth-order valence-electron chi connectivity index (χ4n) is 2.31. The van der Waals surface area contributed by atoms with E-state index < -0.39 is 6.04 Å². The summed E-state index contributed by atoms with van der Waals surface area (Å²) in [6.45, 7) is 5.39. The Morgan fingerprint density at radius 2 is 2.18 bits per heavy atom. The van der Waals surface area contributed by atoms with E-state index in [1.165, 1.54) is 0 Å². The van der Waals surface area contributed by atoms with Crippen LogP contribution in [-0.4, -0.2) is 24.5 Å². The molecule has 0 spiro atoms. The molecule has 1 aromatic carbocycles. The maximum Gasteiger partial charge on any atom is 0.242 e. The van der Waals surface area contributed by atoms with Crippen LogP contribution in [0.2, 0.25) is 0 Å². The van der Waals surface area contributed by atoms with Crippen LogP contribution in [0.3, 0.4) is 0 Å². The van der Waals surface area contributed by atoms with E-state index in [1.54, 1.807) is 0 Å². The smallest absolute Gasteiger partial charge is 0.242 e. The van der Waals surface area contributed by atoms with Gasteiger partial charge in [0.1, 0.15) is 11.8 Å². The minimum atomic E-state index is -0.401. The van der Waals surface area contributed by atoms with Crippen molar-refractivity contribution in [2.45, 2.75) is 45.7 Å². The topological polar surface area (TPSA) is 67.4 Å². The van der Waals surface area contributed by atoms with E-state index >= 15 is 0 Å². The first-order chi connectivity index (χ1) is 10.6. The van der Waals surface area contributed by atoms with Gasteiger partial charge in [-0.25, -0.2) is 0 Å². The van der Waals surface area contributed by atoms with Crippen LogP contribution >= 0.6 is 0 Å². The van der Waals surface area contributed by atoms with Crippen molar-refractivity contribution in [3.63, 3.8) is 0 Å². The lowest BCUT2D eigenvalue weighted by atomic mass is 10.1. The minimum absolute atomic E-state index is 0.0578. The zero-order chi connectivity index (χ0) is 15.9. The average Bonchev–Trinajstić information content (AvgIpc) is 2.92. The molecular formula is C17H24N2O3. The van der Waals surface area contributed by atoms with Gasteiger partial charge in [-0.3, -0.25) is 9.59 Å².